The van der Waals surface area contributed by atoms with Gasteiger partial charge in [0.05, 0.1) is 17.5 Å². The van der Waals surface area contributed by atoms with E-state index in [1.165, 1.54) is 0 Å². The molecule has 1 aromatic carbocycles. The third kappa shape index (κ3) is 7.13. The molecular formula is C15H20BrNO4. The molecule has 116 valence electrons. The molecular weight excluding hydrogens is 338 g/mol. The number of hydrogen-bond donors (Lipinski definition) is 2. The molecule has 2 N–H and O–H groups in total. The smallest absolute Gasteiger partial charge is 0.303 e. The minimum Gasteiger partial charge on any atom is -0.492 e. The quantitative estimate of drug-likeness (QED) is 0.749. The lowest BCUT2D eigenvalue weighted by Gasteiger charge is -2.25. The fourth-order valence-corrected chi connectivity index (χ4v) is 2.14. The summed E-state index contributed by atoms with van der Waals surface area (Å²) in [5.41, 5.74) is -0.539. The van der Waals surface area contributed by atoms with Gasteiger partial charge in [0.15, 0.2) is 0 Å². The topological polar surface area (TPSA) is 75.6 Å². The predicted octanol–water partition coefficient (Wildman–Crippen LogP) is 2.98. The Bertz CT molecular complexity index is 502. The average molecular weight is 358 g/mol. The molecule has 1 aromatic rings. The van der Waals surface area contributed by atoms with Gasteiger partial charge in [0.25, 0.3) is 0 Å². The number of nitrogens with one attached hydrogen (secondary N) is 1. The van der Waals surface area contributed by atoms with Crippen molar-refractivity contribution in [3.8, 4) is 5.75 Å². The molecule has 0 fully saturated rings. The molecule has 0 atom stereocenters. The van der Waals surface area contributed by atoms with Gasteiger partial charge in [-0.2, -0.15) is 0 Å². The van der Waals surface area contributed by atoms with E-state index in [1.54, 1.807) is 0 Å². The van der Waals surface area contributed by atoms with Crippen LogP contribution in [0.3, 0.4) is 0 Å². The third-order valence-electron chi connectivity index (χ3n) is 2.87. The highest BCUT2D eigenvalue weighted by Gasteiger charge is 2.21. The molecule has 0 bridgehead atoms. The van der Waals surface area contributed by atoms with E-state index in [4.69, 9.17) is 9.84 Å². The first kappa shape index (κ1) is 17.5. The van der Waals surface area contributed by atoms with Crippen molar-refractivity contribution in [2.75, 3.05) is 6.61 Å². The molecule has 0 heterocycles. The first-order valence-electron chi connectivity index (χ1n) is 6.70. The maximum atomic E-state index is 11.8. The average Bonchev–Trinajstić information content (AvgIpc) is 2.38. The van der Waals surface area contributed by atoms with Gasteiger partial charge in [0, 0.05) is 12.0 Å². The van der Waals surface area contributed by atoms with Gasteiger partial charge in [-0.1, -0.05) is 12.1 Å². The van der Waals surface area contributed by atoms with Crippen LogP contribution < -0.4 is 10.1 Å². The second-order valence-corrected chi connectivity index (χ2v) is 6.21. The second kappa shape index (κ2) is 8.02. The van der Waals surface area contributed by atoms with E-state index in [0.29, 0.717) is 12.2 Å². The molecule has 5 nitrogen and oxygen atoms in total. The van der Waals surface area contributed by atoms with Crippen molar-refractivity contribution >= 4 is 27.8 Å². The number of benzene rings is 1. The summed E-state index contributed by atoms with van der Waals surface area (Å²) >= 11 is 3.37. The van der Waals surface area contributed by atoms with E-state index in [1.807, 2.05) is 38.1 Å². The number of amides is 1. The van der Waals surface area contributed by atoms with Crippen LogP contribution in [0.5, 0.6) is 5.75 Å². The van der Waals surface area contributed by atoms with E-state index in [-0.39, 0.29) is 25.4 Å². The van der Waals surface area contributed by atoms with Crippen molar-refractivity contribution < 1.29 is 19.4 Å². The summed E-state index contributed by atoms with van der Waals surface area (Å²) in [6.07, 6.45) is 0.637. The van der Waals surface area contributed by atoms with Crippen molar-refractivity contribution in [1.29, 1.82) is 0 Å². The van der Waals surface area contributed by atoms with Gasteiger partial charge in [-0.25, -0.2) is 0 Å². The summed E-state index contributed by atoms with van der Waals surface area (Å²) in [6, 6.07) is 7.42. The molecule has 0 saturated heterocycles. The number of para-hydroxylation sites is 1. The molecule has 1 rings (SSSR count). The molecule has 0 saturated carbocycles. The van der Waals surface area contributed by atoms with Crippen LogP contribution in [-0.4, -0.2) is 29.1 Å². The van der Waals surface area contributed by atoms with Crippen LogP contribution in [0.1, 0.15) is 33.1 Å². The van der Waals surface area contributed by atoms with Gasteiger partial charge in [-0.05, 0) is 48.3 Å². The highest BCUT2D eigenvalue weighted by Crippen LogP contribution is 2.23. The van der Waals surface area contributed by atoms with Gasteiger partial charge < -0.3 is 15.2 Å². The summed E-state index contributed by atoms with van der Waals surface area (Å²) in [7, 11) is 0. The van der Waals surface area contributed by atoms with Crippen molar-refractivity contribution in [2.24, 2.45) is 0 Å². The fourth-order valence-electron chi connectivity index (χ4n) is 1.74. The predicted molar refractivity (Wildman–Crippen MR) is 83.3 cm³/mol. The third-order valence-corrected chi connectivity index (χ3v) is 3.52. The molecule has 6 heteroatoms. The van der Waals surface area contributed by atoms with Crippen LogP contribution in [0.4, 0.5) is 0 Å². The highest BCUT2D eigenvalue weighted by atomic mass is 79.9. The molecule has 0 aliphatic rings. The van der Waals surface area contributed by atoms with Crippen molar-refractivity contribution in [2.45, 2.75) is 38.6 Å². The Morgan fingerprint density at radius 2 is 1.95 bits per heavy atom. The van der Waals surface area contributed by atoms with E-state index in [0.717, 1.165) is 4.47 Å². The lowest BCUT2D eigenvalue weighted by molar-refractivity contribution is -0.137. The van der Waals surface area contributed by atoms with Gasteiger partial charge in [-0.3, -0.25) is 9.59 Å². The molecule has 0 aliphatic heterocycles. The monoisotopic (exact) mass is 357 g/mol. The van der Waals surface area contributed by atoms with Crippen molar-refractivity contribution in [1.82, 2.24) is 5.32 Å². The Morgan fingerprint density at radius 1 is 1.29 bits per heavy atom. The molecule has 0 radical (unpaired) electrons. The minimum absolute atomic E-state index is 0.0285. The summed E-state index contributed by atoms with van der Waals surface area (Å²) in [5, 5.41) is 11.5. The number of aliphatic carboxylic acids is 1. The van der Waals surface area contributed by atoms with Crippen LogP contribution >= 0.6 is 15.9 Å². The zero-order chi connectivity index (χ0) is 15.9. The van der Waals surface area contributed by atoms with E-state index in [2.05, 4.69) is 21.2 Å². The maximum Gasteiger partial charge on any atom is 0.303 e. The lowest BCUT2D eigenvalue weighted by atomic mass is 9.98. The Labute approximate surface area is 132 Å². The number of hydrogen-bond acceptors (Lipinski definition) is 3. The summed E-state index contributed by atoms with van der Waals surface area (Å²) in [4.78, 5) is 22.4. The molecule has 0 aromatic heterocycles. The van der Waals surface area contributed by atoms with E-state index >= 15 is 0 Å². The molecule has 0 unspecified atom stereocenters. The first-order valence-corrected chi connectivity index (χ1v) is 7.49. The van der Waals surface area contributed by atoms with Gasteiger partial charge in [0.1, 0.15) is 5.75 Å². The Morgan fingerprint density at radius 3 is 2.57 bits per heavy atom. The zero-order valence-corrected chi connectivity index (χ0v) is 13.8. The van der Waals surface area contributed by atoms with Crippen molar-refractivity contribution in [3.05, 3.63) is 28.7 Å². The molecule has 1 amide bonds. The normalized spacial score (nSPS) is 11.0. The van der Waals surface area contributed by atoms with E-state index in [9.17, 15) is 9.59 Å². The SMILES string of the molecule is CC(C)(CCC(=O)O)NC(=O)CCOc1ccccc1Br. The number of halogens is 1. The summed E-state index contributed by atoms with van der Waals surface area (Å²) < 4.78 is 6.36. The van der Waals surface area contributed by atoms with Crippen LogP contribution in [-0.2, 0) is 9.59 Å². The molecule has 0 spiro atoms. The van der Waals surface area contributed by atoms with Crippen LogP contribution in [0.25, 0.3) is 0 Å². The second-order valence-electron chi connectivity index (χ2n) is 5.35. The number of ether oxygens (including phenoxy) is 1. The lowest BCUT2D eigenvalue weighted by Crippen LogP contribution is -2.44. The van der Waals surface area contributed by atoms with Gasteiger partial charge >= 0.3 is 5.97 Å². The molecule has 0 aliphatic carbocycles. The number of carbonyl (C=O) groups is 2. The maximum absolute atomic E-state index is 11.8. The Kier molecular flexibility index (Phi) is 6.68. The summed E-state index contributed by atoms with van der Waals surface area (Å²) in [6.45, 7) is 3.88. The zero-order valence-electron chi connectivity index (χ0n) is 12.2. The standard InChI is InChI=1S/C15H20BrNO4/c1-15(2,9-7-14(19)20)17-13(18)8-10-21-12-6-4-3-5-11(12)16/h3-6H,7-10H2,1-2H3,(H,17,18)(H,19,20). The van der Waals surface area contributed by atoms with Crippen molar-refractivity contribution in [3.63, 3.8) is 0 Å². The number of rotatable bonds is 8. The minimum atomic E-state index is -0.866. The Hall–Kier alpha value is -1.56. The molecule has 21 heavy (non-hydrogen) atoms. The summed E-state index contributed by atoms with van der Waals surface area (Å²) in [5.74, 6) is -0.331. The van der Waals surface area contributed by atoms with Crippen LogP contribution in [0.15, 0.2) is 28.7 Å². The number of carboxylic acids is 1. The highest BCUT2D eigenvalue weighted by molar-refractivity contribution is 9.10. The largest absolute Gasteiger partial charge is 0.492 e. The van der Waals surface area contributed by atoms with E-state index < -0.39 is 11.5 Å². The number of carbonyl (C=O) groups excluding carboxylic acids is 1. The fraction of sp³-hybridized carbons (Fsp3) is 0.467. The van der Waals surface area contributed by atoms with Crippen LogP contribution in [0, 0.1) is 0 Å². The van der Waals surface area contributed by atoms with Crippen LogP contribution in [0.2, 0.25) is 0 Å². The first-order chi connectivity index (χ1) is 9.80. The Balaban J connectivity index is 2.34. The van der Waals surface area contributed by atoms with Gasteiger partial charge in [0.2, 0.25) is 5.91 Å². The number of carboxylic acid groups (broad SMARTS) is 1. The van der Waals surface area contributed by atoms with Gasteiger partial charge in [-0.15, -0.1) is 0 Å².